The average Bonchev–Trinajstić information content (AvgIpc) is 3.23. The molecule has 4 aromatic rings. The first-order valence-corrected chi connectivity index (χ1v) is 9.84. The van der Waals surface area contributed by atoms with Crippen LogP contribution in [0.3, 0.4) is 0 Å². The van der Waals surface area contributed by atoms with Gasteiger partial charge in [0.2, 0.25) is 0 Å². The Balaban J connectivity index is 1.83. The van der Waals surface area contributed by atoms with Gasteiger partial charge in [-0.1, -0.05) is 66.2 Å². The van der Waals surface area contributed by atoms with Crippen LogP contribution < -0.4 is 5.63 Å². The van der Waals surface area contributed by atoms with Crippen LogP contribution >= 0.6 is 0 Å². The molecule has 2 heteroatoms. The zero-order valence-corrected chi connectivity index (χ0v) is 16.2. The van der Waals surface area contributed by atoms with Gasteiger partial charge in [0.25, 0.3) is 0 Å². The first-order chi connectivity index (χ1) is 14.1. The fourth-order valence-electron chi connectivity index (χ4n) is 4.92. The minimum Gasteiger partial charge on any atom is -0.422 e. The number of hydrogen-bond acceptors (Lipinski definition) is 2. The van der Waals surface area contributed by atoms with Crippen molar-refractivity contribution in [3.63, 3.8) is 0 Å². The summed E-state index contributed by atoms with van der Waals surface area (Å²) in [5.41, 5.74) is 11.2. The largest absolute Gasteiger partial charge is 0.422 e. The number of allylic oxidation sites excluding steroid dienone is 3. The molecule has 0 aliphatic heterocycles. The summed E-state index contributed by atoms with van der Waals surface area (Å²) in [5, 5.41) is 1.01. The van der Waals surface area contributed by atoms with Gasteiger partial charge in [-0.25, -0.2) is 4.79 Å². The van der Waals surface area contributed by atoms with Gasteiger partial charge in [-0.05, 0) is 59.4 Å². The van der Waals surface area contributed by atoms with Gasteiger partial charge < -0.3 is 4.42 Å². The molecule has 0 radical (unpaired) electrons. The number of benzene rings is 3. The van der Waals surface area contributed by atoms with Crippen LogP contribution in [0.1, 0.15) is 40.3 Å². The minimum atomic E-state index is -0.262. The summed E-state index contributed by atoms with van der Waals surface area (Å²) in [5.74, 6) is 0. The van der Waals surface area contributed by atoms with Crippen molar-refractivity contribution in [2.75, 3.05) is 0 Å². The van der Waals surface area contributed by atoms with E-state index < -0.39 is 0 Å². The smallest absolute Gasteiger partial charge is 0.344 e. The molecule has 138 valence electrons. The van der Waals surface area contributed by atoms with Crippen LogP contribution in [0, 0.1) is 6.92 Å². The lowest BCUT2D eigenvalue weighted by atomic mass is 9.93. The molecule has 0 amide bonds. The van der Waals surface area contributed by atoms with Crippen LogP contribution in [0.15, 0.2) is 82.0 Å². The van der Waals surface area contributed by atoms with Gasteiger partial charge in [-0.15, -0.1) is 0 Å². The summed E-state index contributed by atoms with van der Waals surface area (Å²) >= 11 is 0. The zero-order chi connectivity index (χ0) is 19.7. The third-order valence-corrected chi connectivity index (χ3v) is 6.09. The van der Waals surface area contributed by atoms with Crippen molar-refractivity contribution in [2.45, 2.75) is 13.8 Å². The van der Waals surface area contributed by atoms with Crippen LogP contribution in [0.4, 0.5) is 0 Å². The first kappa shape index (κ1) is 16.3. The van der Waals surface area contributed by atoms with Crippen LogP contribution in [0.2, 0.25) is 0 Å². The summed E-state index contributed by atoms with van der Waals surface area (Å²) in [6.07, 6.45) is 0. The number of hydrogen-bond donors (Lipinski definition) is 0. The van der Waals surface area contributed by atoms with E-state index in [9.17, 15) is 4.79 Å². The third-order valence-electron chi connectivity index (χ3n) is 6.09. The number of aryl methyl sites for hydroxylation is 1. The van der Waals surface area contributed by atoms with E-state index >= 15 is 0 Å². The second kappa shape index (κ2) is 5.68. The van der Waals surface area contributed by atoms with Crippen molar-refractivity contribution in [3.05, 3.63) is 117 Å². The summed E-state index contributed by atoms with van der Waals surface area (Å²) < 4.78 is 5.78. The Morgan fingerprint density at radius 3 is 2.14 bits per heavy atom. The molecule has 0 saturated carbocycles. The van der Waals surface area contributed by atoms with Crippen molar-refractivity contribution in [3.8, 4) is 0 Å². The molecule has 0 N–H and O–H groups in total. The quantitative estimate of drug-likeness (QED) is 0.365. The molecule has 29 heavy (non-hydrogen) atoms. The number of fused-ring (bicyclic) bond motifs is 7. The van der Waals surface area contributed by atoms with Crippen LogP contribution in [0.25, 0.3) is 33.3 Å². The van der Waals surface area contributed by atoms with E-state index in [1.165, 1.54) is 11.1 Å². The maximum absolute atomic E-state index is 13.2. The molecule has 0 spiro atoms. The van der Waals surface area contributed by atoms with E-state index in [1.54, 1.807) is 0 Å². The topological polar surface area (TPSA) is 30.2 Å². The predicted octanol–water partition coefficient (Wildman–Crippen LogP) is 6.32. The lowest BCUT2D eigenvalue weighted by molar-refractivity contribution is 0.558. The van der Waals surface area contributed by atoms with Gasteiger partial charge in [0.1, 0.15) is 5.58 Å². The molecule has 1 heterocycles. The molecule has 0 bridgehead atoms. The maximum atomic E-state index is 13.2. The van der Waals surface area contributed by atoms with Crippen molar-refractivity contribution in [1.82, 2.24) is 0 Å². The Kier molecular flexibility index (Phi) is 3.20. The van der Waals surface area contributed by atoms with E-state index in [1.807, 2.05) is 30.3 Å². The molecule has 1 aromatic heterocycles. The Labute approximate surface area is 168 Å². The summed E-state index contributed by atoms with van der Waals surface area (Å²) in [7, 11) is 0. The van der Waals surface area contributed by atoms with Gasteiger partial charge in [0.05, 0.1) is 5.56 Å². The van der Waals surface area contributed by atoms with Crippen molar-refractivity contribution in [1.29, 1.82) is 0 Å². The molecular formula is C27H18O2. The zero-order valence-electron chi connectivity index (χ0n) is 16.2. The highest BCUT2D eigenvalue weighted by Gasteiger charge is 2.38. The normalized spacial score (nSPS) is 14.4. The Bertz CT molecular complexity index is 1460. The summed E-state index contributed by atoms with van der Waals surface area (Å²) in [6, 6.07) is 24.8. The number of rotatable bonds is 1. The lowest BCUT2D eigenvalue weighted by Gasteiger charge is -2.11. The fourth-order valence-corrected chi connectivity index (χ4v) is 4.92. The predicted molar refractivity (Wildman–Crippen MR) is 119 cm³/mol. The summed E-state index contributed by atoms with van der Waals surface area (Å²) in [4.78, 5) is 13.2. The first-order valence-electron chi connectivity index (χ1n) is 9.84. The van der Waals surface area contributed by atoms with Crippen molar-refractivity contribution < 1.29 is 4.42 Å². The summed E-state index contributed by atoms with van der Waals surface area (Å²) in [6.45, 7) is 4.20. The van der Waals surface area contributed by atoms with Gasteiger partial charge in [0, 0.05) is 16.5 Å². The Morgan fingerprint density at radius 1 is 0.690 bits per heavy atom. The second-order valence-corrected chi connectivity index (χ2v) is 7.80. The van der Waals surface area contributed by atoms with Crippen LogP contribution in [-0.4, -0.2) is 0 Å². The van der Waals surface area contributed by atoms with Gasteiger partial charge in [0.15, 0.2) is 0 Å². The van der Waals surface area contributed by atoms with Gasteiger partial charge in [-0.2, -0.15) is 0 Å². The molecule has 0 unspecified atom stereocenters. The standard InChI is InChI=1S/C27H18O2/c1-15-12-13-21-20(14-15)23-16(2)22-18-10-6-7-11-19(18)24(17-8-4-3-5-9-17)25(22)26(23)27(28)29-21/h3-14H,1-2H3. The molecule has 0 saturated heterocycles. The highest BCUT2D eigenvalue weighted by Crippen LogP contribution is 2.56. The van der Waals surface area contributed by atoms with Crippen LogP contribution in [-0.2, 0) is 0 Å². The van der Waals surface area contributed by atoms with E-state index in [2.05, 4.69) is 56.3 Å². The van der Waals surface area contributed by atoms with E-state index in [0.717, 1.165) is 44.4 Å². The third kappa shape index (κ3) is 2.09. The van der Waals surface area contributed by atoms with Crippen molar-refractivity contribution in [2.24, 2.45) is 0 Å². The van der Waals surface area contributed by atoms with Gasteiger partial charge >= 0.3 is 5.63 Å². The molecule has 2 aliphatic rings. The molecule has 2 aliphatic carbocycles. The molecular weight excluding hydrogens is 356 g/mol. The average molecular weight is 374 g/mol. The highest BCUT2D eigenvalue weighted by molar-refractivity contribution is 6.34. The molecule has 3 aromatic carbocycles. The lowest BCUT2D eigenvalue weighted by Crippen LogP contribution is -2.08. The fraction of sp³-hybridized carbons (Fsp3) is 0.0741. The van der Waals surface area contributed by atoms with E-state index in [4.69, 9.17) is 4.42 Å². The minimum absolute atomic E-state index is 0.262. The van der Waals surface area contributed by atoms with Crippen LogP contribution in [0.5, 0.6) is 0 Å². The van der Waals surface area contributed by atoms with E-state index in [0.29, 0.717) is 11.1 Å². The Hall–Kier alpha value is -3.65. The Morgan fingerprint density at radius 2 is 1.38 bits per heavy atom. The molecule has 0 atom stereocenters. The monoisotopic (exact) mass is 374 g/mol. The highest BCUT2D eigenvalue weighted by atomic mass is 16.4. The molecule has 0 fully saturated rings. The van der Waals surface area contributed by atoms with Gasteiger partial charge in [-0.3, -0.25) is 0 Å². The van der Waals surface area contributed by atoms with E-state index in [-0.39, 0.29) is 5.63 Å². The molecule has 2 nitrogen and oxygen atoms in total. The maximum Gasteiger partial charge on any atom is 0.344 e. The molecule has 6 rings (SSSR count). The SMILES string of the molecule is CC1=C2C(=C(c3ccccc3)c3ccccc32)c2c1c1cc(C)ccc1oc2=O. The van der Waals surface area contributed by atoms with Crippen molar-refractivity contribution >= 4 is 33.3 Å². The second-order valence-electron chi connectivity index (χ2n) is 7.80.